The summed E-state index contributed by atoms with van der Waals surface area (Å²) in [5.41, 5.74) is 2.13. The molecule has 1 N–H and O–H groups in total. The number of oxazole rings is 1. The van der Waals surface area contributed by atoms with Crippen LogP contribution in [-0.4, -0.2) is 36.6 Å². The summed E-state index contributed by atoms with van der Waals surface area (Å²) in [6.07, 6.45) is 3.71. The van der Waals surface area contributed by atoms with Crippen molar-refractivity contribution in [3.8, 4) is 11.5 Å². The molecule has 4 rings (SSSR count). The number of nitrogens with one attached hydrogen (secondary N) is 1. The number of benzene rings is 2. The second kappa shape index (κ2) is 10.5. The highest BCUT2D eigenvalue weighted by Gasteiger charge is 2.23. The predicted octanol–water partition coefficient (Wildman–Crippen LogP) is 4.17. The molecular formula is C25H28FN3O4. The Balaban J connectivity index is 1.51. The second-order valence-corrected chi connectivity index (χ2v) is 8.23. The van der Waals surface area contributed by atoms with Gasteiger partial charge in [0.15, 0.2) is 5.69 Å². The average molecular weight is 454 g/mol. The molecule has 1 aromatic heterocycles. The number of methoxy groups -OCH3 is 2. The van der Waals surface area contributed by atoms with Crippen molar-refractivity contribution in [2.75, 3.05) is 20.8 Å². The zero-order valence-corrected chi connectivity index (χ0v) is 18.8. The highest BCUT2D eigenvalue weighted by atomic mass is 19.1. The molecule has 0 aliphatic heterocycles. The van der Waals surface area contributed by atoms with Gasteiger partial charge in [-0.3, -0.25) is 9.69 Å². The summed E-state index contributed by atoms with van der Waals surface area (Å²) in [4.78, 5) is 18.8. The van der Waals surface area contributed by atoms with Gasteiger partial charge in [0.2, 0.25) is 5.89 Å². The Morgan fingerprint density at radius 3 is 2.61 bits per heavy atom. The van der Waals surface area contributed by atoms with Crippen molar-refractivity contribution >= 4 is 5.91 Å². The van der Waals surface area contributed by atoms with Crippen molar-refractivity contribution in [3.63, 3.8) is 0 Å². The maximum atomic E-state index is 13.4. The average Bonchev–Trinajstić information content (AvgIpc) is 3.55. The summed E-state index contributed by atoms with van der Waals surface area (Å²) in [6, 6.07) is 12.0. The van der Waals surface area contributed by atoms with Crippen LogP contribution in [0.15, 0.2) is 53.1 Å². The molecule has 0 bridgehead atoms. The first-order chi connectivity index (χ1) is 16.0. The second-order valence-electron chi connectivity index (χ2n) is 8.23. The highest BCUT2D eigenvalue weighted by Crippen LogP contribution is 2.28. The number of hydrogen-bond acceptors (Lipinski definition) is 6. The quantitative estimate of drug-likeness (QED) is 0.470. The van der Waals surface area contributed by atoms with E-state index < -0.39 is 0 Å². The van der Waals surface area contributed by atoms with Gasteiger partial charge < -0.3 is 19.2 Å². The molecule has 0 unspecified atom stereocenters. The maximum absolute atomic E-state index is 13.4. The molecule has 1 amide bonds. The van der Waals surface area contributed by atoms with Crippen molar-refractivity contribution < 1.29 is 23.1 Å². The monoisotopic (exact) mass is 453 g/mol. The van der Waals surface area contributed by atoms with E-state index in [1.807, 2.05) is 18.2 Å². The van der Waals surface area contributed by atoms with Crippen LogP contribution in [0.4, 0.5) is 4.39 Å². The van der Waals surface area contributed by atoms with Crippen LogP contribution in [0.1, 0.15) is 40.3 Å². The zero-order chi connectivity index (χ0) is 23.2. The molecule has 0 saturated heterocycles. The number of carbonyl (C=O) groups excluding carboxylic acids is 1. The van der Waals surface area contributed by atoms with Gasteiger partial charge in [-0.15, -0.1) is 0 Å². The van der Waals surface area contributed by atoms with Crippen LogP contribution in [0.5, 0.6) is 11.5 Å². The minimum Gasteiger partial charge on any atom is -0.497 e. The van der Waals surface area contributed by atoms with Crippen LogP contribution in [0.2, 0.25) is 0 Å². The van der Waals surface area contributed by atoms with Crippen molar-refractivity contribution in [3.05, 3.63) is 77.3 Å². The molecule has 1 aliphatic rings. The van der Waals surface area contributed by atoms with Gasteiger partial charge in [0, 0.05) is 25.2 Å². The lowest BCUT2D eigenvalue weighted by Gasteiger charge is -2.22. The lowest BCUT2D eigenvalue weighted by molar-refractivity contribution is 0.0946. The van der Waals surface area contributed by atoms with E-state index in [1.165, 1.54) is 18.4 Å². The molecule has 33 heavy (non-hydrogen) atoms. The molecule has 0 atom stereocenters. The van der Waals surface area contributed by atoms with Crippen LogP contribution in [0.25, 0.3) is 0 Å². The first-order valence-electron chi connectivity index (χ1n) is 10.9. The summed E-state index contributed by atoms with van der Waals surface area (Å²) >= 11 is 0. The molecule has 0 radical (unpaired) electrons. The summed E-state index contributed by atoms with van der Waals surface area (Å²) in [5.74, 6) is 1.96. The minimum atomic E-state index is -0.283. The third-order valence-electron chi connectivity index (χ3n) is 5.59. The fourth-order valence-electron chi connectivity index (χ4n) is 3.59. The van der Waals surface area contributed by atoms with E-state index in [1.54, 1.807) is 26.4 Å². The Bertz CT molecular complexity index is 1080. The molecule has 174 valence electrons. The Labute approximate surface area is 192 Å². The first-order valence-corrected chi connectivity index (χ1v) is 10.9. The molecule has 1 fully saturated rings. The highest BCUT2D eigenvalue weighted by molar-refractivity contribution is 5.91. The van der Waals surface area contributed by atoms with E-state index in [4.69, 9.17) is 13.9 Å². The van der Waals surface area contributed by atoms with E-state index in [9.17, 15) is 9.18 Å². The van der Waals surface area contributed by atoms with E-state index in [0.29, 0.717) is 38.0 Å². The van der Waals surface area contributed by atoms with Gasteiger partial charge >= 0.3 is 0 Å². The maximum Gasteiger partial charge on any atom is 0.273 e. The smallest absolute Gasteiger partial charge is 0.273 e. The lowest BCUT2D eigenvalue weighted by Crippen LogP contribution is -2.26. The van der Waals surface area contributed by atoms with Crippen LogP contribution in [0.3, 0.4) is 0 Å². The minimum absolute atomic E-state index is 0.226. The molecule has 1 aliphatic carbocycles. The molecule has 8 heteroatoms. The number of aromatic nitrogens is 1. The van der Waals surface area contributed by atoms with Crippen molar-refractivity contribution in [2.45, 2.75) is 32.5 Å². The number of carbonyl (C=O) groups is 1. The first kappa shape index (κ1) is 22.8. The fourth-order valence-corrected chi connectivity index (χ4v) is 3.59. The van der Waals surface area contributed by atoms with E-state index >= 15 is 0 Å². The van der Waals surface area contributed by atoms with Gasteiger partial charge in [-0.25, -0.2) is 9.37 Å². The van der Waals surface area contributed by atoms with Gasteiger partial charge in [-0.2, -0.15) is 0 Å². The van der Waals surface area contributed by atoms with Crippen LogP contribution < -0.4 is 14.8 Å². The molecule has 0 spiro atoms. The normalized spacial score (nSPS) is 13.2. The third kappa shape index (κ3) is 6.32. The van der Waals surface area contributed by atoms with E-state index in [0.717, 1.165) is 35.5 Å². The van der Waals surface area contributed by atoms with Crippen molar-refractivity contribution in [2.24, 2.45) is 5.92 Å². The number of ether oxygens (including phenoxy) is 2. The summed E-state index contributed by atoms with van der Waals surface area (Å²) < 4.78 is 29.9. The molecule has 2 aromatic carbocycles. The standard InChI is InChI=1S/C25H28FN3O4/c1-31-21-9-10-23(32-2)19(11-21)14-29(13-18-5-7-20(26)8-6-18)15-24-28-22(16-33-24)25(30)27-12-17-3-4-17/h5-11,16-17H,3-4,12-15H2,1-2H3,(H,27,30). The molecular weight excluding hydrogens is 425 g/mol. The molecule has 1 saturated carbocycles. The third-order valence-corrected chi connectivity index (χ3v) is 5.59. The predicted molar refractivity (Wildman–Crippen MR) is 120 cm³/mol. The Morgan fingerprint density at radius 1 is 1.12 bits per heavy atom. The molecule has 7 nitrogen and oxygen atoms in total. The van der Waals surface area contributed by atoms with E-state index in [2.05, 4.69) is 15.2 Å². The molecule has 3 aromatic rings. The number of nitrogens with zero attached hydrogens (tertiary/aromatic N) is 2. The summed E-state index contributed by atoms with van der Waals surface area (Å²) in [6.45, 7) is 2.05. The topological polar surface area (TPSA) is 76.8 Å². The van der Waals surface area contributed by atoms with E-state index in [-0.39, 0.29) is 17.4 Å². The van der Waals surface area contributed by atoms with Gasteiger partial charge in [0.05, 0.1) is 20.8 Å². The zero-order valence-electron chi connectivity index (χ0n) is 18.8. The van der Waals surface area contributed by atoms with Crippen LogP contribution >= 0.6 is 0 Å². The van der Waals surface area contributed by atoms with Crippen LogP contribution in [-0.2, 0) is 19.6 Å². The number of rotatable bonds is 11. The number of hydrogen-bond donors (Lipinski definition) is 1. The Kier molecular flexibility index (Phi) is 7.24. The van der Waals surface area contributed by atoms with Gasteiger partial charge in [-0.05, 0) is 54.7 Å². The van der Waals surface area contributed by atoms with Gasteiger partial charge in [-0.1, -0.05) is 12.1 Å². The fraction of sp³-hybridized carbons (Fsp3) is 0.360. The number of amides is 1. The Hall–Kier alpha value is -3.39. The lowest BCUT2D eigenvalue weighted by atomic mass is 10.1. The van der Waals surface area contributed by atoms with Crippen molar-refractivity contribution in [1.82, 2.24) is 15.2 Å². The number of halogens is 1. The van der Waals surface area contributed by atoms with Gasteiger partial charge in [0.25, 0.3) is 5.91 Å². The van der Waals surface area contributed by atoms with Crippen molar-refractivity contribution in [1.29, 1.82) is 0 Å². The summed E-state index contributed by atoms with van der Waals surface area (Å²) in [5, 5.41) is 2.90. The van der Waals surface area contributed by atoms with Crippen LogP contribution in [0, 0.1) is 11.7 Å². The summed E-state index contributed by atoms with van der Waals surface area (Å²) in [7, 11) is 3.24. The van der Waals surface area contributed by atoms with Gasteiger partial charge in [0.1, 0.15) is 23.6 Å². The molecule has 1 heterocycles. The SMILES string of the molecule is COc1ccc(OC)c(CN(Cc2ccc(F)cc2)Cc2nc(C(=O)NCC3CC3)co2)c1. The largest absolute Gasteiger partial charge is 0.497 e. The Morgan fingerprint density at radius 2 is 1.91 bits per heavy atom.